The number of hydrogen-bond donors (Lipinski definition) is 3. The van der Waals surface area contributed by atoms with E-state index in [0.717, 1.165) is 26.1 Å². The van der Waals surface area contributed by atoms with Crippen LogP contribution in [0.3, 0.4) is 0 Å². The molecule has 0 aliphatic carbocycles. The van der Waals surface area contributed by atoms with E-state index < -0.39 is 11.1 Å². The highest BCUT2D eigenvalue weighted by Crippen LogP contribution is 2.10. The zero-order chi connectivity index (χ0) is 15.6. The summed E-state index contributed by atoms with van der Waals surface area (Å²) in [6.45, 7) is 5.16. The van der Waals surface area contributed by atoms with E-state index in [0.29, 0.717) is 0 Å². The summed E-state index contributed by atoms with van der Waals surface area (Å²) >= 11 is -1.71. The first-order valence-corrected chi connectivity index (χ1v) is 10.0. The van der Waals surface area contributed by atoms with Crippen LogP contribution in [0.25, 0.3) is 0 Å². The Balaban J connectivity index is 2.95. The van der Waals surface area contributed by atoms with Gasteiger partial charge in [0.25, 0.3) is 0 Å². The van der Waals surface area contributed by atoms with E-state index in [1.807, 2.05) is 0 Å². The first kappa shape index (κ1) is 21.0. The number of nitrogens with one attached hydrogen (secondary N) is 2. The average molecular weight is 321 g/mol. The molecule has 0 radical (unpaired) electrons. The second-order valence-electron chi connectivity index (χ2n) is 5.75. The molecule has 0 aromatic rings. The van der Waals surface area contributed by atoms with Gasteiger partial charge in [-0.2, -0.15) is 0 Å². The van der Waals surface area contributed by atoms with E-state index in [1.54, 1.807) is 0 Å². The molecule has 128 valence electrons. The summed E-state index contributed by atoms with van der Waals surface area (Å²) in [6.07, 6.45) is 14.8. The fourth-order valence-electron chi connectivity index (χ4n) is 2.36. The molecular formula is C16H36N2O2S. The molecule has 0 aliphatic rings. The first-order chi connectivity index (χ1) is 10.3. The maximum atomic E-state index is 10.4. The van der Waals surface area contributed by atoms with Crippen LogP contribution in [-0.4, -0.2) is 34.3 Å². The highest BCUT2D eigenvalue weighted by atomic mass is 32.2. The van der Waals surface area contributed by atoms with Gasteiger partial charge >= 0.3 is 0 Å². The van der Waals surface area contributed by atoms with Crippen LogP contribution in [0.5, 0.6) is 0 Å². The predicted octanol–water partition coefficient (Wildman–Crippen LogP) is 3.66. The third kappa shape index (κ3) is 20.0. The fraction of sp³-hybridized carbons (Fsp3) is 1.00. The maximum absolute atomic E-state index is 10.4. The van der Waals surface area contributed by atoms with E-state index in [1.165, 1.54) is 64.2 Å². The molecule has 5 heteroatoms. The Morgan fingerprint density at radius 2 is 1.19 bits per heavy atom. The second kappa shape index (κ2) is 18.1. The van der Waals surface area contributed by atoms with Crippen molar-refractivity contribution in [2.45, 2.75) is 77.6 Å². The van der Waals surface area contributed by atoms with Gasteiger partial charge in [0, 0.05) is 0 Å². The summed E-state index contributed by atoms with van der Waals surface area (Å²) in [5.41, 5.74) is 0. The molecule has 1 unspecified atom stereocenters. The molecular weight excluding hydrogens is 284 g/mol. The van der Waals surface area contributed by atoms with Crippen molar-refractivity contribution in [1.82, 2.24) is 10.6 Å². The van der Waals surface area contributed by atoms with E-state index in [4.69, 9.17) is 4.55 Å². The van der Waals surface area contributed by atoms with Crippen molar-refractivity contribution >= 4 is 11.1 Å². The summed E-state index contributed by atoms with van der Waals surface area (Å²) in [5.74, 6) is 0.179. The molecule has 0 amide bonds. The minimum atomic E-state index is -1.71. The van der Waals surface area contributed by atoms with Crippen LogP contribution in [0, 0.1) is 0 Å². The zero-order valence-corrected chi connectivity index (χ0v) is 14.7. The Hall–Kier alpha value is 0.0300. The molecule has 0 fully saturated rings. The molecule has 0 heterocycles. The van der Waals surface area contributed by atoms with Gasteiger partial charge in [0.05, 0.1) is 5.88 Å². The highest BCUT2D eigenvalue weighted by molar-refractivity contribution is 7.79. The third-order valence-corrected chi connectivity index (χ3v) is 4.09. The molecule has 21 heavy (non-hydrogen) atoms. The fourth-order valence-corrected chi connectivity index (χ4v) is 2.68. The summed E-state index contributed by atoms with van der Waals surface area (Å²) < 4.78 is 18.9. The van der Waals surface area contributed by atoms with Crippen molar-refractivity contribution in [1.29, 1.82) is 0 Å². The van der Waals surface area contributed by atoms with Crippen molar-refractivity contribution in [2.75, 3.05) is 25.5 Å². The maximum Gasteiger partial charge on any atom is 0.167 e. The molecule has 0 aromatic heterocycles. The lowest BCUT2D eigenvalue weighted by Crippen LogP contribution is -2.24. The summed E-state index contributed by atoms with van der Waals surface area (Å²) in [7, 11) is 0. The van der Waals surface area contributed by atoms with Gasteiger partial charge in [0.1, 0.15) is 0 Å². The number of hydrogen-bond acceptors (Lipinski definition) is 3. The predicted molar refractivity (Wildman–Crippen MR) is 93.0 cm³/mol. The molecule has 0 saturated heterocycles. The molecule has 1 atom stereocenters. The SMILES string of the molecule is CCCCCCCCCCCCNCCCNCS(=O)O. The molecule has 4 nitrogen and oxygen atoms in total. The normalized spacial score (nSPS) is 12.7. The monoisotopic (exact) mass is 320 g/mol. The second-order valence-corrected chi connectivity index (χ2v) is 6.68. The van der Waals surface area contributed by atoms with Crippen LogP contribution in [0.15, 0.2) is 0 Å². The Bertz CT molecular complexity index is 228. The third-order valence-electron chi connectivity index (χ3n) is 3.64. The lowest BCUT2D eigenvalue weighted by Gasteiger charge is -2.05. The van der Waals surface area contributed by atoms with E-state index in [-0.39, 0.29) is 5.88 Å². The lowest BCUT2D eigenvalue weighted by molar-refractivity contribution is 0.535. The minimum absolute atomic E-state index is 0.179. The van der Waals surface area contributed by atoms with Gasteiger partial charge in [-0.1, -0.05) is 64.7 Å². The Morgan fingerprint density at radius 1 is 0.714 bits per heavy atom. The molecule has 0 spiro atoms. The van der Waals surface area contributed by atoms with Crippen molar-refractivity contribution in [2.24, 2.45) is 0 Å². The zero-order valence-electron chi connectivity index (χ0n) is 13.9. The Kier molecular flexibility index (Phi) is 18.1. The van der Waals surface area contributed by atoms with E-state index >= 15 is 0 Å². The standard InChI is InChI=1S/C16H36N2O2S/c1-2-3-4-5-6-7-8-9-10-11-13-17-14-12-15-18-16-21(19)20/h17-18H,2-16H2,1H3,(H,19,20). The Labute approximate surface area is 134 Å². The van der Waals surface area contributed by atoms with Gasteiger partial charge in [-0.15, -0.1) is 0 Å². The largest absolute Gasteiger partial charge is 0.317 e. The van der Waals surface area contributed by atoms with Gasteiger partial charge in [-0.3, -0.25) is 0 Å². The summed E-state index contributed by atoms with van der Waals surface area (Å²) in [5, 5.41) is 6.36. The van der Waals surface area contributed by atoms with Gasteiger partial charge in [-0.05, 0) is 32.5 Å². The quantitative estimate of drug-likeness (QED) is 0.283. The van der Waals surface area contributed by atoms with Crippen LogP contribution in [0.4, 0.5) is 0 Å². The van der Waals surface area contributed by atoms with E-state index in [2.05, 4.69) is 17.6 Å². The van der Waals surface area contributed by atoms with Crippen LogP contribution in [0.1, 0.15) is 77.6 Å². The van der Waals surface area contributed by atoms with E-state index in [9.17, 15) is 4.21 Å². The van der Waals surface area contributed by atoms with Gasteiger partial charge in [0.15, 0.2) is 11.1 Å². The number of unbranched alkanes of at least 4 members (excludes halogenated alkanes) is 9. The van der Waals surface area contributed by atoms with Crippen molar-refractivity contribution in [3.8, 4) is 0 Å². The topological polar surface area (TPSA) is 61.4 Å². The summed E-state index contributed by atoms with van der Waals surface area (Å²) in [6, 6.07) is 0. The first-order valence-electron chi connectivity index (χ1n) is 8.76. The summed E-state index contributed by atoms with van der Waals surface area (Å²) in [4.78, 5) is 0. The molecule has 0 rings (SSSR count). The molecule has 0 saturated carbocycles. The van der Waals surface area contributed by atoms with Crippen LogP contribution >= 0.6 is 0 Å². The van der Waals surface area contributed by atoms with Crippen molar-refractivity contribution < 1.29 is 8.76 Å². The van der Waals surface area contributed by atoms with Gasteiger partial charge in [0.2, 0.25) is 0 Å². The number of rotatable bonds is 17. The smallest absolute Gasteiger partial charge is 0.167 e. The molecule has 0 aliphatic heterocycles. The minimum Gasteiger partial charge on any atom is -0.317 e. The van der Waals surface area contributed by atoms with Gasteiger partial charge in [-0.25, -0.2) is 4.21 Å². The molecule has 0 aromatic carbocycles. The van der Waals surface area contributed by atoms with Crippen LogP contribution < -0.4 is 10.6 Å². The molecule has 3 N–H and O–H groups in total. The van der Waals surface area contributed by atoms with Crippen molar-refractivity contribution in [3.63, 3.8) is 0 Å². The van der Waals surface area contributed by atoms with Crippen molar-refractivity contribution in [3.05, 3.63) is 0 Å². The Morgan fingerprint density at radius 3 is 1.76 bits per heavy atom. The highest BCUT2D eigenvalue weighted by Gasteiger charge is 1.94. The van der Waals surface area contributed by atoms with Gasteiger partial charge < -0.3 is 15.2 Å². The van der Waals surface area contributed by atoms with Crippen LogP contribution in [0.2, 0.25) is 0 Å². The average Bonchev–Trinajstić information content (AvgIpc) is 2.46. The molecule has 0 bridgehead atoms. The lowest BCUT2D eigenvalue weighted by atomic mass is 10.1. The van der Waals surface area contributed by atoms with Crippen LogP contribution in [-0.2, 0) is 11.1 Å².